The topological polar surface area (TPSA) is 67.6 Å². The Morgan fingerprint density at radius 3 is 2.45 bits per heavy atom. The number of ether oxygens (including phenoxy) is 1. The molecule has 0 saturated carbocycles. The maximum absolute atomic E-state index is 12.8. The third kappa shape index (κ3) is 6.36. The van der Waals surface area contributed by atoms with Gasteiger partial charge in [0.05, 0.1) is 18.2 Å². The van der Waals surface area contributed by atoms with Crippen LogP contribution in [0.3, 0.4) is 0 Å². The minimum atomic E-state index is -0.0140. The zero-order valence-corrected chi connectivity index (χ0v) is 19.8. The molecule has 5 nitrogen and oxygen atoms in total. The fourth-order valence-electron chi connectivity index (χ4n) is 4.66. The number of anilines is 1. The lowest BCUT2D eigenvalue weighted by molar-refractivity contribution is -0.0704. The number of hydrogen-bond donors (Lipinski definition) is 2. The van der Waals surface area contributed by atoms with Crippen molar-refractivity contribution in [1.82, 2.24) is 10.2 Å². The van der Waals surface area contributed by atoms with E-state index in [4.69, 9.17) is 10.5 Å². The molecule has 0 spiro atoms. The van der Waals surface area contributed by atoms with Gasteiger partial charge in [0.2, 0.25) is 0 Å². The smallest absolute Gasteiger partial charge is 0.251 e. The number of carbonyl (C=O) groups is 1. The third-order valence-electron chi connectivity index (χ3n) is 5.90. The van der Waals surface area contributed by atoms with E-state index >= 15 is 0 Å². The molecule has 3 atom stereocenters. The third-order valence-corrected chi connectivity index (χ3v) is 5.90. The first-order valence-corrected chi connectivity index (χ1v) is 10.6. The molecule has 31 heavy (non-hydrogen) atoms. The predicted molar refractivity (Wildman–Crippen MR) is 130 cm³/mol. The SMILES string of the molecule is CC1CN(Cc2ccc(C(=O)NC3CCCc4cc(N)ccc43)cc2)CC(C)O1.Cl.Cl. The fourth-order valence-corrected chi connectivity index (χ4v) is 4.66. The average molecular weight is 466 g/mol. The van der Waals surface area contributed by atoms with Gasteiger partial charge in [0, 0.05) is 30.9 Å². The molecule has 1 aliphatic carbocycles. The van der Waals surface area contributed by atoms with E-state index in [0.29, 0.717) is 5.56 Å². The Hall–Kier alpha value is -1.79. The zero-order valence-electron chi connectivity index (χ0n) is 18.2. The van der Waals surface area contributed by atoms with Crippen LogP contribution in [0.25, 0.3) is 0 Å². The molecule has 2 aromatic rings. The predicted octanol–water partition coefficient (Wildman–Crippen LogP) is 4.53. The molecule has 0 radical (unpaired) electrons. The molecule has 3 N–H and O–H groups in total. The van der Waals surface area contributed by atoms with Crippen LogP contribution in [-0.2, 0) is 17.7 Å². The highest BCUT2D eigenvalue weighted by atomic mass is 35.5. The second-order valence-electron chi connectivity index (χ2n) is 8.52. The minimum absolute atomic E-state index is 0. The van der Waals surface area contributed by atoms with Crippen molar-refractivity contribution >= 4 is 36.4 Å². The van der Waals surface area contributed by atoms with E-state index in [1.165, 1.54) is 16.7 Å². The largest absolute Gasteiger partial charge is 0.399 e. The molecule has 1 amide bonds. The number of nitrogens with one attached hydrogen (secondary N) is 1. The highest BCUT2D eigenvalue weighted by Gasteiger charge is 2.23. The van der Waals surface area contributed by atoms with Gasteiger partial charge in [-0.05, 0) is 74.1 Å². The van der Waals surface area contributed by atoms with Gasteiger partial charge in [-0.2, -0.15) is 0 Å². The first-order valence-electron chi connectivity index (χ1n) is 10.6. The van der Waals surface area contributed by atoms with Crippen molar-refractivity contribution in [2.24, 2.45) is 0 Å². The van der Waals surface area contributed by atoms with E-state index in [1.807, 2.05) is 24.3 Å². The summed E-state index contributed by atoms with van der Waals surface area (Å²) in [6, 6.07) is 14.1. The van der Waals surface area contributed by atoms with Gasteiger partial charge in [-0.1, -0.05) is 18.2 Å². The van der Waals surface area contributed by atoms with E-state index in [9.17, 15) is 4.79 Å². The van der Waals surface area contributed by atoms with Crippen molar-refractivity contribution in [3.05, 3.63) is 64.7 Å². The Bertz CT molecular complexity index is 866. The second kappa shape index (κ2) is 11.2. The average Bonchev–Trinajstić information content (AvgIpc) is 2.67. The minimum Gasteiger partial charge on any atom is -0.399 e. The summed E-state index contributed by atoms with van der Waals surface area (Å²) in [6.45, 7) is 7.01. The quantitative estimate of drug-likeness (QED) is 0.650. The Morgan fingerprint density at radius 1 is 1.10 bits per heavy atom. The molecule has 0 aromatic heterocycles. The molecule has 2 aliphatic rings. The van der Waals surface area contributed by atoms with E-state index in [2.05, 4.69) is 42.3 Å². The molecule has 3 unspecified atom stereocenters. The van der Waals surface area contributed by atoms with Gasteiger partial charge in [-0.15, -0.1) is 24.8 Å². The van der Waals surface area contributed by atoms with Crippen molar-refractivity contribution in [1.29, 1.82) is 0 Å². The number of aryl methyl sites for hydroxylation is 1. The molecular formula is C24H33Cl2N3O2. The number of nitrogens with two attached hydrogens (primary N) is 1. The maximum atomic E-state index is 12.8. The lowest BCUT2D eigenvalue weighted by Gasteiger charge is -2.35. The first-order chi connectivity index (χ1) is 14.0. The van der Waals surface area contributed by atoms with Crippen LogP contribution in [0, 0.1) is 0 Å². The van der Waals surface area contributed by atoms with Gasteiger partial charge in [0.25, 0.3) is 5.91 Å². The highest BCUT2D eigenvalue weighted by Crippen LogP contribution is 2.31. The van der Waals surface area contributed by atoms with Crippen molar-refractivity contribution in [2.75, 3.05) is 18.8 Å². The van der Waals surface area contributed by atoms with E-state index in [0.717, 1.165) is 44.6 Å². The number of benzene rings is 2. The van der Waals surface area contributed by atoms with Gasteiger partial charge in [-0.3, -0.25) is 9.69 Å². The van der Waals surface area contributed by atoms with Crippen LogP contribution in [0.2, 0.25) is 0 Å². The van der Waals surface area contributed by atoms with Crippen LogP contribution in [-0.4, -0.2) is 36.1 Å². The number of nitrogens with zero attached hydrogens (tertiary/aromatic N) is 1. The Balaban J connectivity index is 0.00000171. The zero-order chi connectivity index (χ0) is 20.4. The summed E-state index contributed by atoms with van der Waals surface area (Å²) in [5, 5.41) is 3.22. The Labute approximate surface area is 197 Å². The number of amides is 1. The monoisotopic (exact) mass is 465 g/mol. The number of rotatable bonds is 4. The number of fused-ring (bicyclic) bond motifs is 1. The Morgan fingerprint density at radius 2 is 1.77 bits per heavy atom. The van der Waals surface area contributed by atoms with Gasteiger partial charge >= 0.3 is 0 Å². The van der Waals surface area contributed by atoms with Gasteiger partial charge in [-0.25, -0.2) is 0 Å². The summed E-state index contributed by atoms with van der Waals surface area (Å²) >= 11 is 0. The van der Waals surface area contributed by atoms with Crippen LogP contribution in [0.15, 0.2) is 42.5 Å². The van der Waals surface area contributed by atoms with Crippen molar-refractivity contribution in [3.63, 3.8) is 0 Å². The summed E-state index contributed by atoms with van der Waals surface area (Å²) in [7, 11) is 0. The molecule has 0 bridgehead atoms. The second-order valence-corrected chi connectivity index (χ2v) is 8.52. The highest BCUT2D eigenvalue weighted by molar-refractivity contribution is 5.94. The van der Waals surface area contributed by atoms with Crippen molar-refractivity contribution in [2.45, 2.75) is 57.9 Å². The number of nitrogen functional groups attached to an aromatic ring is 1. The molecule has 1 saturated heterocycles. The number of morpholine rings is 1. The van der Waals surface area contributed by atoms with E-state index in [-0.39, 0.29) is 49.0 Å². The van der Waals surface area contributed by atoms with Crippen LogP contribution in [0.5, 0.6) is 0 Å². The van der Waals surface area contributed by atoms with Crippen LogP contribution in [0.1, 0.15) is 59.8 Å². The number of halogens is 2. The van der Waals surface area contributed by atoms with Crippen LogP contribution >= 0.6 is 24.8 Å². The van der Waals surface area contributed by atoms with Crippen LogP contribution < -0.4 is 11.1 Å². The van der Waals surface area contributed by atoms with Crippen LogP contribution in [0.4, 0.5) is 5.69 Å². The molecule has 2 aromatic carbocycles. The summed E-state index contributed by atoms with van der Waals surface area (Å²) < 4.78 is 5.81. The molecule has 1 fully saturated rings. The normalized spacial score (nSPS) is 23.1. The first kappa shape index (κ1) is 25.5. The molecule has 1 heterocycles. The van der Waals surface area contributed by atoms with Crippen molar-refractivity contribution in [3.8, 4) is 0 Å². The summed E-state index contributed by atoms with van der Waals surface area (Å²) in [6.07, 6.45) is 3.58. The molecule has 7 heteroatoms. The number of carbonyl (C=O) groups excluding carboxylic acids is 1. The summed E-state index contributed by atoms with van der Waals surface area (Å²) in [4.78, 5) is 15.2. The van der Waals surface area contributed by atoms with E-state index < -0.39 is 0 Å². The lowest BCUT2D eigenvalue weighted by atomic mass is 9.87. The molecule has 1 aliphatic heterocycles. The fraction of sp³-hybridized carbons (Fsp3) is 0.458. The number of hydrogen-bond acceptors (Lipinski definition) is 4. The summed E-state index contributed by atoms with van der Waals surface area (Å²) in [5.41, 5.74) is 11.1. The summed E-state index contributed by atoms with van der Waals surface area (Å²) in [5.74, 6) is -0.0140. The standard InChI is InChI=1S/C24H31N3O2.2ClH/c1-16-13-27(14-17(2)29-16)15-18-6-8-19(9-7-18)24(28)26-23-5-3-4-20-12-21(25)10-11-22(20)23;;/h6-12,16-17,23H,3-5,13-15,25H2,1-2H3,(H,26,28);2*1H. The Kier molecular flexibility index (Phi) is 9.19. The van der Waals surface area contributed by atoms with Gasteiger partial charge in [0.15, 0.2) is 0 Å². The molecule has 4 rings (SSSR count). The van der Waals surface area contributed by atoms with Gasteiger partial charge < -0.3 is 15.8 Å². The molecular weight excluding hydrogens is 433 g/mol. The van der Waals surface area contributed by atoms with Crippen molar-refractivity contribution < 1.29 is 9.53 Å². The van der Waals surface area contributed by atoms with E-state index in [1.54, 1.807) is 0 Å². The maximum Gasteiger partial charge on any atom is 0.251 e. The van der Waals surface area contributed by atoms with Gasteiger partial charge in [0.1, 0.15) is 0 Å². The molecule has 170 valence electrons. The lowest BCUT2D eigenvalue weighted by Crippen LogP contribution is -2.44.